The molecule has 0 spiro atoms. The fourth-order valence-corrected chi connectivity index (χ4v) is 2.01. The first-order valence-electron chi connectivity index (χ1n) is 6.50. The molecule has 3 N–H and O–H groups in total. The number of ether oxygens (including phenoxy) is 1. The average Bonchev–Trinajstić information content (AvgIpc) is 2.39. The van der Waals surface area contributed by atoms with Crippen LogP contribution in [0.25, 0.3) is 0 Å². The molecular weight excluding hydrogens is 271 g/mol. The summed E-state index contributed by atoms with van der Waals surface area (Å²) in [7, 11) is 0. The zero-order valence-electron chi connectivity index (χ0n) is 11.9. The van der Waals surface area contributed by atoms with Crippen molar-refractivity contribution in [3.05, 3.63) is 53.3 Å². The number of nitrogens with two attached hydrogens (primary N) is 1. The van der Waals surface area contributed by atoms with Crippen molar-refractivity contribution in [3.8, 4) is 5.75 Å². The molecule has 0 saturated carbocycles. The summed E-state index contributed by atoms with van der Waals surface area (Å²) in [5.41, 5.74) is 8.51. The van der Waals surface area contributed by atoms with Crippen molar-refractivity contribution in [2.75, 3.05) is 11.1 Å². The van der Waals surface area contributed by atoms with E-state index in [0.29, 0.717) is 17.1 Å². The van der Waals surface area contributed by atoms with E-state index in [9.17, 15) is 9.18 Å². The Hall–Kier alpha value is -2.56. The minimum atomic E-state index is -0.290. The summed E-state index contributed by atoms with van der Waals surface area (Å²) in [6.07, 6.45) is 0. The molecular formula is C16H17FN2O2. The number of anilines is 2. The van der Waals surface area contributed by atoms with E-state index in [1.165, 1.54) is 19.1 Å². The van der Waals surface area contributed by atoms with E-state index in [1.54, 1.807) is 24.3 Å². The van der Waals surface area contributed by atoms with E-state index < -0.39 is 0 Å². The second-order valence-electron chi connectivity index (χ2n) is 4.81. The Morgan fingerprint density at radius 2 is 1.95 bits per heavy atom. The number of rotatable bonds is 4. The van der Waals surface area contributed by atoms with Crippen LogP contribution in [0.3, 0.4) is 0 Å². The lowest BCUT2D eigenvalue weighted by atomic mass is 10.1. The first-order chi connectivity index (χ1) is 9.95. The molecule has 0 radical (unpaired) electrons. The van der Waals surface area contributed by atoms with Crippen LogP contribution >= 0.6 is 0 Å². The number of hydrogen-bond donors (Lipinski definition) is 2. The van der Waals surface area contributed by atoms with Crippen LogP contribution in [0.4, 0.5) is 15.8 Å². The van der Waals surface area contributed by atoms with Crippen LogP contribution in [0.15, 0.2) is 36.4 Å². The molecule has 21 heavy (non-hydrogen) atoms. The van der Waals surface area contributed by atoms with Gasteiger partial charge in [0, 0.05) is 12.6 Å². The monoisotopic (exact) mass is 288 g/mol. The normalized spacial score (nSPS) is 10.2. The lowest BCUT2D eigenvalue weighted by Crippen LogP contribution is -2.09. The van der Waals surface area contributed by atoms with Gasteiger partial charge in [0.1, 0.15) is 18.2 Å². The zero-order chi connectivity index (χ0) is 15.4. The molecule has 0 saturated heterocycles. The zero-order valence-corrected chi connectivity index (χ0v) is 11.9. The number of carbonyl (C=O) groups excluding carboxylic acids is 1. The molecule has 2 rings (SSSR count). The molecule has 2 aromatic carbocycles. The highest BCUT2D eigenvalue weighted by atomic mass is 19.1. The molecule has 0 aliphatic rings. The molecule has 2 aromatic rings. The summed E-state index contributed by atoms with van der Waals surface area (Å²) < 4.78 is 18.6. The summed E-state index contributed by atoms with van der Waals surface area (Å²) in [4.78, 5) is 11.3. The van der Waals surface area contributed by atoms with Gasteiger partial charge in [-0.15, -0.1) is 0 Å². The van der Waals surface area contributed by atoms with Gasteiger partial charge in [-0.25, -0.2) is 4.39 Å². The molecule has 0 unspecified atom stereocenters. The Balaban J connectivity index is 2.21. The third-order valence-corrected chi connectivity index (χ3v) is 2.90. The van der Waals surface area contributed by atoms with Crippen molar-refractivity contribution in [2.45, 2.75) is 20.5 Å². The summed E-state index contributed by atoms with van der Waals surface area (Å²) in [6.45, 7) is 3.54. The highest BCUT2D eigenvalue weighted by Gasteiger charge is 2.10. The van der Waals surface area contributed by atoms with Crippen LogP contribution in [0.2, 0.25) is 0 Å². The molecule has 4 nitrogen and oxygen atoms in total. The van der Waals surface area contributed by atoms with E-state index in [4.69, 9.17) is 10.5 Å². The Labute approximate surface area is 122 Å². The van der Waals surface area contributed by atoms with Crippen LogP contribution in [0, 0.1) is 12.7 Å². The summed E-state index contributed by atoms with van der Waals surface area (Å²) in [5.74, 6) is 0.0664. The maximum Gasteiger partial charge on any atom is 0.221 e. The highest BCUT2D eigenvalue weighted by Crippen LogP contribution is 2.32. The van der Waals surface area contributed by atoms with E-state index in [1.807, 2.05) is 6.92 Å². The molecule has 0 aliphatic carbocycles. The third kappa shape index (κ3) is 3.95. The van der Waals surface area contributed by atoms with Gasteiger partial charge in [-0.3, -0.25) is 4.79 Å². The second kappa shape index (κ2) is 6.26. The Morgan fingerprint density at radius 1 is 1.29 bits per heavy atom. The van der Waals surface area contributed by atoms with Crippen molar-refractivity contribution in [2.24, 2.45) is 0 Å². The van der Waals surface area contributed by atoms with Crippen molar-refractivity contribution < 1.29 is 13.9 Å². The fourth-order valence-electron chi connectivity index (χ4n) is 2.01. The predicted molar refractivity (Wildman–Crippen MR) is 80.6 cm³/mol. The fraction of sp³-hybridized carbons (Fsp3) is 0.188. The number of halogens is 1. The van der Waals surface area contributed by atoms with E-state index in [0.717, 1.165) is 11.1 Å². The van der Waals surface area contributed by atoms with Gasteiger partial charge in [0.25, 0.3) is 0 Å². The smallest absolute Gasteiger partial charge is 0.221 e. The Morgan fingerprint density at radius 3 is 2.57 bits per heavy atom. The summed E-state index contributed by atoms with van der Waals surface area (Å²) >= 11 is 0. The van der Waals surface area contributed by atoms with Gasteiger partial charge in [-0.05, 0) is 42.3 Å². The van der Waals surface area contributed by atoms with Crippen molar-refractivity contribution in [3.63, 3.8) is 0 Å². The largest absolute Gasteiger partial charge is 0.486 e. The van der Waals surface area contributed by atoms with Crippen LogP contribution < -0.4 is 15.8 Å². The molecule has 0 atom stereocenters. The minimum absolute atomic E-state index is 0.202. The lowest BCUT2D eigenvalue weighted by molar-refractivity contribution is -0.114. The van der Waals surface area contributed by atoms with Gasteiger partial charge >= 0.3 is 0 Å². The van der Waals surface area contributed by atoms with Crippen molar-refractivity contribution >= 4 is 17.3 Å². The van der Waals surface area contributed by atoms with Crippen LogP contribution in [-0.4, -0.2) is 5.91 Å². The summed E-state index contributed by atoms with van der Waals surface area (Å²) in [5, 5.41) is 2.70. The summed E-state index contributed by atoms with van der Waals surface area (Å²) in [6, 6.07) is 9.48. The van der Waals surface area contributed by atoms with Crippen molar-refractivity contribution in [1.29, 1.82) is 0 Å². The van der Waals surface area contributed by atoms with Gasteiger partial charge in [0.05, 0.1) is 5.69 Å². The third-order valence-electron chi connectivity index (χ3n) is 2.90. The minimum Gasteiger partial charge on any atom is -0.486 e. The number of carbonyl (C=O) groups is 1. The van der Waals surface area contributed by atoms with Gasteiger partial charge in [-0.1, -0.05) is 12.1 Å². The molecule has 5 heteroatoms. The Kier molecular flexibility index (Phi) is 4.42. The average molecular weight is 288 g/mol. The first-order valence-corrected chi connectivity index (χ1v) is 6.50. The lowest BCUT2D eigenvalue weighted by Gasteiger charge is -2.15. The SMILES string of the molecule is CC(=O)Nc1cc(N)cc(C)c1OCc1ccc(F)cc1. The van der Waals surface area contributed by atoms with E-state index in [2.05, 4.69) is 5.32 Å². The number of nitrogens with one attached hydrogen (secondary N) is 1. The number of amides is 1. The molecule has 0 fully saturated rings. The number of hydrogen-bond acceptors (Lipinski definition) is 3. The Bertz CT molecular complexity index is 654. The molecule has 0 heterocycles. The second-order valence-corrected chi connectivity index (χ2v) is 4.81. The molecule has 1 amide bonds. The number of benzene rings is 2. The topological polar surface area (TPSA) is 64.4 Å². The molecule has 0 aromatic heterocycles. The predicted octanol–water partition coefficient (Wildman–Crippen LogP) is 3.25. The van der Waals surface area contributed by atoms with Crippen molar-refractivity contribution in [1.82, 2.24) is 0 Å². The molecule has 0 aliphatic heterocycles. The van der Waals surface area contributed by atoms with E-state index in [-0.39, 0.29) is 18.3 Å². The molecule has 110 valence electrons. The number of nitrogen functional groups attached to an aromatic ring is 1. The maximum atomic E-state index is 12.9. The van der Waals surface area contributed by atoms with Gasteiger partial charge in [0.15, 0.2) is 0 Å². The molecule has 0 bridgehead atoms. The highest BCUT2D eigenvalue weighted by molar-refractivity contribution is 5.91. The van der Waals surface area contributed by atoms with Gasteiger partial charge < -0.3 is 15.8 Å². The van der Waals surface area contributed by atoms with Crippen LogP contribution in [-0.2, 0) is 11.4 Å². The van der Waals surface area contributed by atoms with Gasteiger partial charge in [-0.2, -0.15) is 0 Å². The maximum absolute atomic E-state index is 12.9. The van der Waals surface area contributed by atoms with Crippen LogP contribution in [0.5, 0.6) is 5.75 Å². The quantitative estimate of drug-likeness (QED) is 0.849. The van der Waals surface area contributed by atoms with Gasteiger partial charge in [0.2, 0.25) is 5.91 Å². The first kappa shape index (κ1) is 14.8. The standard InChI is InChI=1S/C16H17FN2O2/c1-10-7-14(18)8-15(19-11(2)20)16(10)21-9-12-3-5-13(17)6-4-12/h3-8H,9,18H2,1-2H3,(H,19,20). The van der Waals surface area contributed by atoms with Crippen LogP contribution in [0.1, 0.15) is 18.1 Å². The number of aryl methyl sites for hydroxylation is 1. The van der Waals surface area contributed by atoms with E-state index >= 15 is 0 Å².